The van der Waals surface area contributed by atoms with Crippen molar-refractivity contribution in [2.24, 2.45) is 5.92 Å². The van der Waals surface area contributed by atoms with E-state index >= 15 is 0 Å². The predicted molar refractivity (Wildman–Crippen MR) is 144 cm³/mol. The molecule has 38 heavy (non-hydrogen) atoms. The molecule has 0 bridgehead atoms. The van der Waals surface area contributed by atoms with Crippen LogP contribution in [0.15, 0.2) is 78.9 Å². The lowest BCUT2D eigenvalue weighted by Crippen LogP contribution is -2.52. The first kappa shape index (κ1) is 27.0. The quantitative estimate of drug-likeness (QED) is 0.413. The molecule has 3 aromatic carbocycles. The summed E-state index contributed by atoms with van der Waals surface area (Å²) in [5, 5.41) is 33.8. The first-order valence-electron chi connectivity index (χ1n) is 12.9. The topological polar surface area (TPSA) is 105 Å². The third-order valence-electron chi connectivity index (χ3n) is 6.68. The molecule has 8 nitrogen and oxygen atoms in total. The summed E-state index contributed by atoms with van der Waals surface area (Å²) in [4.78, 5) is 29.3. The molecule has 3 aromatic rings. The van der Waals surface area contributed by atoms with Gasteiger partial charge in [0.25, 0.3) is 0 Å². The third-order valence-corrected chi connectivity index (χ3v) is 6.68. The molecule has 4 rings (SSSR count). The number of amides is 3. The van der Waals surface area contributed by atoms with Crippen LogP contribution < -0.4 is 0 Å². The van der Waals surface area contributed by atoms with Crippen molar-refractivity contribution in [2.75, 3.05) is 6.54 Å². The van der Waals surface area contributed by atoms with Crippen LogP contribution in [0, 0.1) is 5.92 Å². The zero-order valence-electron chi connectivity index (χ0n) is 21.8. The minimum Gasteiger partial charge on any atom is -0.508 e. The van der Waals surface area contributed by atoms with Gasteiger partial charge in [0.05, 0.1) is 25.2 Å². The van der Waals surface area contributed by atoms with Crippen LogP contribution in [0.4, 0.5) is 4.79 Å². The van der Waals surface area contributed by atoms with Crippen LogP contribution in [0.2, 0.25) is 0 Å². The van der Waals surface area contributed by atoms with E-state index in [1.165, 1.54) is 10.0 Å². The predicted octanol–water partition coefficient (Wildman–Crippen LogP) is 4.30. The van der Waals surface area contributed by atoms with Gasteiger partial charge in [-0.05, 0) is 53.3 Å². The first-order chi connectivity index (χ1) is 18.2. The summed E-state index contributed by atoms with van der Waals surface area (Å²) in [5.41, 5.74) is 2.49. The van der Waals surface area contributed by atoms with E-state index < -0.39 is 18.2 Å². The Labute approximate surface area is 223 Å². The van der Waals surface area contributed by atoms with Gasteiger partial charge in [0.15, 0.2) is 0 Å². The molecule has 0 spiro atoms. The normalized spacial score (nSPS) is 18.1. The molecule has 3 amide bonds. The highest BCUT2D eigenvalue weighted by Crippen LogP contribution is 2.26. The standard InChI is InChI=1S/C30H35N3O5/c1-21(2)16-29(37)32-20-28(36)27(17-22-6-4-3-5-7-22)31(18-23-8-12-25(34)13-9-23)30(38)33(32)19-24-10-14-26(35)15-11-24/h3-15,21,27-28,34-36H,16-20H2,1-2H3/t27-,28-/m1/s1. The van der Waals surface area contributed by atoms with Gasteiger partial charge in [0.1, 0.15) is 11.5 Å². The summed E-state index contributed by atoms with van der Waals surface area (Å²) in [6, 6.07) is 21.8. The Hall–Kier alpha value is -4.04. The van der Waals surface area contributed by atoms with Crippen LogP contribution in [0.3, 0.4) is 0 Å². The molecular weight excluding hydrogens is 482 g/mol. The molecule has 1 saturated heterocycles. The molecule has 8 heteroatoms. The maximum Gasteiger partial charge on any atom is 0.339 e. The van der Waals surface area contributed by atoms with E-state index in [2.05, 4.69) is 0 Å². The van der Waals surface area contributed by atoms with Crippen LogP contribution in [-0.2, 0) is 24.3 Å². The number of phenols is 2. The molecule has 2 atom stereocenters. The van der Waals surface area contributed by atoms with E-state index in [0.717, 1.165) is 16.7 Å². The number of hydrogen-bond donors (Lipinski definition) is 3. The minimum absolute atomic E-state index is 0.0288. The van der Waals surface area contributed by atoms with Crippen LogP contribution in [0.5, 0.6) is 11.5 Å². The van der Waals surface area contributed by atoms with E-state index in [9.17, 15) is 24.9 Å². The van der Waals surface area contributed by atoms with Crippen LogP contribution in [0.1, 0.15) is 37.0 Å². The van der Waals surface area contributed by atoms with Gasteiger partial charge in [0.2, 0.25) is 5.91 Å². The average molecular weight is 518 g/mol. The van der Waals surface area contributed by atoms with Crippen molar-refractivity contribution in [1.29, 1.82) is 0 Å². The van der Waals surface area contributed by atoms with E-state index in [1.807, 2.05) is 44.2 Å². The fraction of sp³-hybridized carbons (Fsp3) is 0.333. The Bertz CT molecular complexity index is 1210. The van der Waals surface area contributed by atoms with Crippen LogP contribution in [0.25, 0.3) is 0 Å². The average Bonchev–Trinajstić information content (AvgIpc) is 2.98. The molecule has 0 unspecified atom stereocenters. The highest BCUT2D eigenvalue weighted by molar-refractivity contribution is 5.82. The number of aliphatic hydroxyl groups excluding tert-OH is 1. The summed E-state index contributed by atoms with van der Waals surface area (Å²) in [5.74, 6) is 0.0603. The van der Waals surface area contributed by atoms with E-state index in [4.69, 9.17) is 0 Å². The van der Waals surface area contributed by atoms with Crippen molar-refractivity contribution >= 4 is 11.9 Å². The van der Waals surface area contributed by atoms with Gasteiger partial charge in [0, 0.05) is 13.0 Å². The first-order valence-corrected chi connectivity index (χ1v) is 12.9. The second-order valence-electron chi connectivity index (χ2n) is 10.2. The number of aromatic hydroxyl groups is 2. The van der Waals surface area contributed by atoms with Crippen molar-refractivity contribution in [3.8, 4) is 11.5 Å². The Kier molecular flexibility index (Phi) is 8.53. The summed E-state index contributed by atoms with van der Waals surface area (Å²) in [6.07, 6.45) is -0.365. The number of hydrogen-bond acceptors (Lipinski definition) is 5. The van der Waals surface area contributed by atoms with Crippen LogP contribution in [-0.4, -0.2) is 60.9 Å². The molecule has 0 saturated carbocycles. The summed E-state index contributed by atoms with van der Waals surface area (Å²) >= 11 is 0. The number of phenolic OH excluding ortho intramolecular Hbond substituents is 2. The monoisotopic (exact) mass is 517 g/mol. The van der Waals surface area contributed by atoms with E-state index in [1.54, 1.807) is 53.4 Å². The lowest BCUT2D eigenvalue weighted by atomic mass is 9.99. The fourth-order valence-electron chi connectivity index (χ4n) is 4.70. The third kappa shape index (κ3) is 6.63. The molecule has 1 heterocycles. The highest BCUT2D eigenvalue weighted by Gasteiger charge is 2.41. The van der Waals surface area contributed by atoms with Gasteiger partial charge in [-0.15, -0.1) is 0 Å². The van der Waals surface area contributed by atoms with Gasteiger partial charge in [-0.3, -0.25) is 4.79 Å². The van der Waals surface area contributed by atoms with Crippen molar-refractivity contribution < 1.29 is 24.9 Å². The summed E-state index contributed by atoms with van der Waals surface area (Å²) < 4.78 is 0. The van der Waals surface area contributed by atoms with Crippen LogP contribution >= 0.6 is 0 Å². The molecule has 1 aliphatic heterocycles. The number of aliphatic hydroxyl groups is 1. The number of β-amino-alcohol motifs (C(OH)–C–C–N with tert-alkyl or cyclic N) is 1. The Balaban J connectivity index is 1.75. The molecule has 0 aliphatic carbocycles. The van der Waals surface area contributed by atoms with E-state index in [-0.39, 0.29) is 49.4 Å². The maximum absolute atomic E-state index is 14.3. The lowest BCUT2D eigenvalue weighted by molar-refractivity contribution is -0.147. The van der Waals surface area contributed by atoms with E-state index in [0.29, 0.717) is 6.42 Å². The Morgan fingerprint density at radius 3 is 1.95 bits per heavy atom. The smallest absolute Gasteiger partial charge is 0.339 e. The van der Waals surface area contributed by atoms with Crippen molar-refractivity contribution in [3.05, 3.63) is 95.6 Å². The van der Waals surface area contributed by atoms with Crippen molar-refractivity contribution in [2.45, 2.75) is 51.9 Å². The largest absolute Gasteiger partial charge is 0.508 e. The number of hydrazine groups is 1. The second kappa shape index (κ2) is 12.0. The zero-order chi connectivity index (χ0) is 27.2. The number of rotatable bonds is 8. The maximum atomic E-state index is 14.3. The second-order valence-corrected chi connectivity index (χ2v) is 10.2. The number of carbonyl (C=O) groups excluding carboxylic acids is 2. The number of urea groups is 1. The van der Waals surface area contributed by atoms with Gasteiger partial charge in [-0.2, -0.15) is 0 Å². The lowest BCUT2D eigenvalue weighted by Gasteiger charge is -2.36. The molecule has 200 valence electrons. The molecule has 3 N–H and O–H groups in total. The Morgan fingerprint density at radius 2 is 1.39 bits per heavy atom. The van der Waals surface area contributed by atoms with Gasteiger partial charge in [-0.1, -0.05) is 68.4 Å². The van der Waals surface area contributed by atoms with Crippen molar-refractivity contribution in [3.63, 3.8) is 0 Å². The van der Waals surface area contributed by atoms with Gasteiger partial charge in [-0.25, -0.2) is 14.8 Å². The SMILES string of the molecule is CC(C)CC(=O)N1C[C@@H](O)[C@@H](Cc2ccccc2)N(Cc2ccc(O)cc2)C(=O)N1Cc1ccc(O)cc1. The van der Waals surface area contributed by atoms with Crippen molar-refractivity contribution in [1.82, 2.24) is 14.9 Å². The molecule has 0 radical (unpaired) electrons. The fourth-order valence-corrected chi connectivity index (χ4v) is 4.70. The Morgan fingerprint density at radius 1 is 0.842 bits per heavy atom. The summed E-state index contributed by atoms with van der Waals surface area (Å²) in [7, 11) is 0. The minimum atomic E-state index is -1.00. The van der Waals surface area contributed by atoms with Gasteiger partial charge < -0.3 is 20.2 Å². The molecule has 1 aliphatic rings. The molecule has 1 fully saturated rings. The molecule has 0 aromatic heterocycles. The molecular formula is C30H35N3O5. The number of nitrogens with zero attached hydrogens (tertiary/aromatic N) is 3. The van der Waals surface area contributed by atoms with Gasteiger partial charge >= 0.3 is 6.03 Å². The number of carbonyl (C=O) groups is 2. The summed E-state index contributed by atoms with van der Waals surface area (Å²) in [6.45, 7) is 4.13. The number of benzene rings is 3. The highest BCUT2D eigenvalue weighted by atomic mass is 16.3. The zero-order valence-corrected chi connectivity index (χ0v) is 21.8.